The van der Waals surface area contributed by atoms with Gasteiger partial charge >= 0.3 is 0 Å². The first kappa shape index (κ1) is 13.6. The maximum absolute atomic E-state index is 11.4. The summed E-state index contributed by atoms with van der Waals surface area (Å²) in [7, 11) is 1.60. The van der Waals surface area contributed by atoms with Crippen molar-refractivity contribution in [2.24, 2.45) is 0 Å². The van der Waals surface area contributed by atoms with Gasteiger partial charge in [0.2, 0.25) is 5.91 Å². The molecule has 4 heteroatoms. The van der Waals surface area contributed by atoms with Gasteiger partial charge in [-0.2, -0.15) is 0 Å². The average Bonchev–Trinajstić information content (AvgIpc) is 2.53. The van der Waals surface area contributed by atoms with Gasteiger partial charge in [-0.15, -0.1) is 0 Å². The van der Waals surface area contributed by atoms with Crippen LogP contribution in [0, 0.1) is 0 Å². The fourth-order valence-corrected chi connectivity index (χ4v) is 2.58. The molecule has 4 nitrogen and oxygen atoms in total. The number of aryl methyl sites for hydroxylation is 1. The average molecular weight is 283 g/mol. The molecule has 0 saturated heterocycles. The minimum Gasteiger partial charge on any atom is -0.497 e. The van der Waals surface area contributed by atoms with Gasteiger partial charge in [0.05, 0.1) is 7.11 Å². The molecule has 0 aliphatic carbocycles. The summed E-state index contributed by atoms with van der Waals surface area (Å²) in [5.74, 6) is 0.764. The minimum atomic E-state index is -0.706. The van der Waals surface area contributed by atoms with Crippen molar-refractivity contribution in [3.8, 4) is 5.75 Å². The number of ether oxygens (including phenoxy) is 1. The number of benzene rings is 2. The summed E-state index contributed by atoms with van der Waals surface area (Å²) in [4.78, 5) is 11.4. The third-order valence-electron chi connectivity index (χ3n) is 3.75. The largest absolute Gasteiger partial charge is 0.497 e. The van der Waals surface area contributed by atoms with E-state index in [9.17, 15) is 9.90 Å². The number of hydrogen-bond acceptors (Lipinski definition) is 3. The van der Waals surface area contributed by atoms with E-state index in [0.717, 1.165) is 28.1 Å². The highest BCUT2D eigenvalue weighted by Crippen LogP contribution is 2.30. The lowest BCUT2D eigenvalue weighted by Gasteiger charge is -2.19. The molecule has 2 aromatic rings. The van der Waals surface area contributed by atoms with Crippen LogP contribution in [0.4, 0.5) is 5.69 Å². The Balaban J connectivity index is 1.91. The van der Waals surface area contributed by atoms with Crippen LogP contribution in [0.5, 0.6) is 5.75 Å². The van der Waals surface area contributed by atoms with Crippen LogP contribution in [-0.2, 0) is 11.2 Å². The van der Waals surface area contributed by atoms with Gasteiger partial charge < -0.3 is 15.2 Å². The molecule has 1 heterocycles. The molecule has 3 rings (SSSR count). The van der Waals surface area contributed by atoms with E-state index in [1.807, 2.05) is 42.5 Å². The molecule has 0 radical (unpaired) electrons. The molecule has 21 heavy (non-hydrogen) atoms. The predicted octanol–water partition coefficient (Wildman–Crippen LogP) is 2.66. The van der Waals surface area contributed by atoms with Crippen LogP contribution in [0.25, 0.3) is 0 Å². The zero-order valence-electron chi connectivity index (χ0n) is 11.8. The van der Waals surface area contributed by atoms with Gasteiger partial charge in [-0.1, -0.05) is 24.3 Å². The fourth-order valence-electron chi connectivity index (χ4n) is 2.58. The fraction of sp³-hybridized carbons (Fsp3) is 0.235. The third-order valence-corrected chi connectivity index (χ3v) is 3.75. The summed E-state index contributed by atoms with van der Waals surface area (Å²) in [6.45, 7) is 0. The number of aliphatic hydroxyl groups excluding tert-OH is 1. The van der Waals surface area contributed by atoms with E-state index >= 15 is 0 Å². The smallest absolute Gasteiger partial charge is 0.224 e. The summed E-state index contributed by atoms with van der Waals surface area (Å²) in [5, 5.41) is 13.4. The van der Waals surface area contributed by atoms with Gasteiger partial charge in [0.15, 0.2) is 0 Å². The molecule has 1 aliphatic heterocycles. The Morgan fingerprint density at radius 3 is 2.76 bits per heavy atom. The van der Waals surface area contributed by atoms with Crippen molar-refractivity contribution in [1.29, 1.82) is 0 Å². The van der Waals surface area contributed by atoms with Crippen molar-refractivity contribution >= 4 is 11.6 Å². The highest BCUT2D eigenvalue weighted by atomic mass is 16.5. The zero-order valence-corrected chi connectivity index (χ0v) is 11.8. The van der Waals surface area contributed by atoms with Crippen LogP contribution in [0.3, 0.4) is 0 Å². The van der Waals surface area contributed by atoms with Crippen LogP contribution >= 0.6 is 0 Å². The summed E-state index contributed by atoms with van der Waals surface area (Å²) in [6, 6.07) is 13.0. The maximum atomic E-state index is 11.4. The van der Waals surface area contributed by atoms with Crippen LogP contribution in [0.15, 0.2) is 42.5 Å². The van der Waals surface area contributed by atoms with Crippen LogP contribution in [0.1, 0.15) is 29.2 Å². The lowest BCUT2D eigenvalue weighted by molar-refractivity contribution is -0.116. The summed E-state index contributed by atoms with van der Waals surface area (Å²) in [5.41, 5.74) is 3.51. The number of rotatable bonds is 3. The first-order chi connectivity index (χ1) is 10.2. The molecule has 0 bridgehead atoms. The molecule has 2 N–H and O–H groups in total. The lowest BCUT2D eigenvalue weighted by Crippen LogP contribution is -2.19. The number of carbonyl (C=O) groups is 1. The molecule has 0 aromatic heterocycles. The van der Waals surface area contributed by atoms with Gasteiger partial charge in [-0.05, 0) is 41.3 Å². The summed E-state index contributed by atoms with van der Waals surface area (Å²) in [6.07, 6.45) is 0.494. The van der Waals surface area contributed by atoms with Crippen molar-refractivity contribution < 1.29 is 14.6 Å². The van der Waals surface area contributed by atoms with Gasteiger partial charge in [-0.25, -0.2) is 0 Å². The van der Waals surface area contributed by atoms with Crippen LogP contribution in [-0.4, -0.2) is 18.1 Å². The Labute approximate surface area is 123 Å². The van der Waals surface area contributed by atoms with Crippen molar-refractivity contribution in [2.45, 2.75) is 18.9 Å². The summed E-state index contributed by atoms with van der Waals surface area (Å²) >= 11 is 0. The van der Waals surface area contributed by atoms with Crippen LogP contribution in [0.2, 0.25) is 0 Å². The monoisotopic (exact) mass is 283 g/mol. The SMILES string of the molecule is COc1cccc(C(O)c2ccc3c(c2)CCC(=O)N3)c1. The van der Waals surface area contributed by atoms with Crippen molar-refractivity contribution in [3.63, 3.8) is 0 Å². The number of aliphatic hydroxyl groups is 1. The lowest BCUT2D eigenvalue weighted by atomic mass is 9.95. The number of hydrogen-bond donors (Lipinski definition) is 2. The van der Waals surface area contributed by atoms with Gasteiger partial charge in [0, 0.05) is 12.1 Å². The topological polar surface area (TPSA) is 58.6 Å². The zero-order chi connectivity index (χ0) is 14.8. The number of anilines is 1. The first-order valence-electron chi connectivity index (χ1n) is 6.92. The number of carbonyl (C=O) groups excluding carboxylic acids is 1. The minimum absolute atomic E-state index is 0.0450. The Morgan fingerprint density at radius 1 is 1.14 bits per heavy atom. The number of fused-ring (bicyclic) bond motifs is 1. The van der Waals surface area contributed by atoms with E-state index < -0.39 is 6.10 Å². The van der Waals surface area contributed by atoms with E-state index in [0.29, 0.717) is 12.8 Å². The molecule has 1 aliphatic rings. The second kappa shape index (κ2) is 5.58. The Hall–Kier alpha value is -2.33. The van der Waals surface area contributed by atoms with E-state index in [4.69, 9.17) is 4.74 Å². The molecule has 0 spiro atoms. The molecule has 1 unspecified atom stereocenters. The van der Waals surface area contributed by atoms with Crippen molar-refractivity contribution in [1.82, 2.24) is 0 Å². The second-order valence-electron chi connectivity index (χ2n) is 5.14. The molecule has 1 amide bonds. The normalized spacial score (nSPS) is 15.0. The van der Waals surface area contributed by atoms with Crippen LogP contribution < -0.4 is 10.1 Å². The van der Waals surface area contributed by atoms with Crippen molar-refractivity contribution in [3.05, 3.63) is 59.2 Å². The van der Waals surface area contributed by atoms with E-state index in [2.05, 4.69) is 5.32 Å². The molecule has 2 aromatic carbocycles. The molecular weight excluding hydrogens is 266 g/mol. The maximum Gasteiger partial charge on any atom is 0.224 e. The molecule has 0 fully saturated rings. The molecule has 108 valence electrons. The third kappa shape index (κ3) is 2.76. The van der Waals surface area contributed by atoms with Gasteiger partial charge in [0.25, 0.3) is 0 Å². The quantitative estimate of drug-likeness (QED) is 0.910. The highest BCUT2D eigenvalue weighted by molar-refractivity contribution is 5.93. The Morgan fingerprint density at radius 2 is 1.95 bits per heavy atom. The summed E-state index contributed by atoms with van der Waals surface area (Å²) < 4.78 is 5.18. The number of nitrogens with one attached hydrogen (secondary N) is 1. The predicted molar refractivity (Wildman–Crippen MR) is 80.4 cm³/mol. The van der Waals surface area contributed by atoms with E-state index in [1.165, 1.54) is 0 Å². The van der Waals surface area contributed by atoms with Gasteiger partial charge in [-0.3, -0.25) is 4.79 Å². The van der Waals surface area contributed by atoms with E-state index in [-0.39, 0.29) is 5.91 Å². The second-order valence-corrected chi connectivity index (χ2v) is 5.14. The molecular formula is C17H17NO3. The highest BCUT2D eigenvalue weighted by Gasteiger charge is 2.18. The van der Waals surface area contributed by atoms with E-state index in [1.54, 1.807) is 7.11 Å². The molecule has 1 atom stereocenters. The standard InChI is InChI=1S/C17H17NO3/c1-21-14-4-2-3-12(10-14)17(20)13-5-7-15-11(9-13)6-8-16(19)18-15/h2-5,7,9-10,17,20H,6,8H2,1H3,(H,18,19). The first-order valence-corrected chi connectivity index (χ1v) is 6.92. The van der Waals surface area contributed by atoms with Crippen molar-refractivity contribution in [2.75, 3.05) is 12.4 Å². The Kier molecular flexibility index (Phi) is 3.62. The Bertz CT molecular complexity index is 681. The van der Waals surface area contributed by atoms with Gasteiger partial charge in [0.1, 0.15) is 11.9 Å². The molecule has 0 saturated carbocycles. The number of methoxy groups -OCH3 is 1. The number of amides is 1.